The summed E-state index contributed by atoms with van der Waals surface area (Å²) in [5.41, 5.74) is 4.86. The molecule has 1 N–H and O–H groups in total. The van der Waals surface area contributed by atoms with Gasteiger partial charge in [-0.05, 0) is 56.4 Å². The second-order valence-corrected chi connectivity index (χ2v) is 11.0. The predicted octanol–water partition coefficient (Wildman–Crippen LogP) is 4.19. The van der Waals surface area contributed by atoms with Crippen LogP contribution in [0.25, 0.3) is 27.5 Å². The van der Waals surface area contributed by atoms with Gasteiger partial charge in [-0.25, -0.2) is 4.52 Å². The number of anilines is 1. The number of fused-ring (bicyclic) bond motifs is 3. The van der Waals surface area contributed by atoms with Crippen LogP contribution >= 0.6 is 11.3 Å². The Kier molecular flexibility index (Phi) is 5.45. The van der Waals surface area contributed by atoms with E-state index < -0.39 is 0 Å². The topological polar surface area (TPSA) is 112 Å². The van der Waals surface area contributed by atoms with E-state index >= 15 is 0 Å². The minimum absolute atomic E-state index is 0.160. The molecule has 6 heterocycles. The second kappa shape index (κ2) is 8.68. The molecule has 1 amide bonds. The van der Waals surface area contributed by atoms with Gasteiger partial charge in [0, 0.05) is 43.9 Å². The summed E-state index contributed by atoms with van der Waals surface area (Å²) in [7, 11) is 0. The predicted molar refractivity (Wildman–Crippen MR) is 137 cm³/mol. The zero-order valence-electron chi connectivity index (χ0n) is 20.3. The molecule has 36 heavy (non-hydrogen) atoms. The summed E-state index contributed by atoms with van der Waals surface area (Å²) in [5, 5.41) is 28.2. The number of nitrogens with zero attached hydrogens (tertiary/aromatic N) is 7. The van der Waals surface area contributed by atoms with Gasteiger partial charge in [-0.3, -0.25) is 9.78 Å². The number of aromatic nitrogens is 5. The summed E-state index contributed by atoms with van der Waals surface area (Å²) in [6.07, 6.45) is 4.58. The van der Waals surface area contributed by atoms with Gasteiger partial charge in [0.05, 0.1) is 34.2 Å². The average molecular weight is 499 g/mol. The fourth-order valence-electron chi connectivity index (χ4n) is 5.48. The molecule has 2 unspecified atom stereocenters. The van der Waals surface area contributed by atoms with E-state index in [4.69, 9.17) is 10.2 Å². The van der Waals surface area contributed by atoms with Gasteiger partial charge >= 0.3 is 0 Å². The van der Waals surface area contributed by atoms with Gasteiger partial charge in [-0.2, -0.15) is 10.4 Å². The van der Waals surface area contributed by atoms with Gasteiger partial charge < -0.3 is 10.2 Å². The Labute approximate surface area is 212 Å². The van der Waals surface area contributed by atoms with E-state index in [0.717, 1.165) is 57.7 Å². The standard InChI is InChI=1S/C26H26N8OS/c1-14(2)30-21-8-22(23-5-4-19-6-16(9-27)10-29-34(19)23)28-11-20(21)25-31-32-26(36-25)24-17-7-18(24)13-33(12-17)15(3)35/h4-6,8,10-11,14,17-18,24H,7,12-13H2,1-3H3,(H,28,30). The Bertz CT molecular complexity index is 1500. The molecule has 1 saturated carbocycles. The highest BCUT2D eigenvalue weighted by Gasteiger charge is 2.49. The van der Waals surface area contributed by atoms with Crippen LogP contribution in [0.15, 0.2) is 36.7 Å². The number of hydrogen-bond donors (Lipinski definition) is 1. The number of nitrogens with one attached hydrogen (secondary N) is 1. The summed E-state index contributed by atoms with van der Waals surface area (Å²) in [4.78, 5) is 18.5. The molecule has 3 fully saturated rings. The fourth-order valence-corrected chi connectivity index (χ4v) is 6.63. The minimum atomic E-state index is 0.160. The molecule has 2 aliphatic heterocycles. The molecule has 9 nitrogen and oxygen atoms in total. The lowest BCUT2D eigenvalue weighted by Gasteiger charge is -2.52. The Balaban J connectivity index is 1.32. The van der Waals surface area contributed by atoms with Gasteiger partial charge in [0.25, 0.3) is 0 Å². The monoisotopic (exact) mass is 498 g/mol. The summed E-state index contributed by atoms with van der Waals surface area (Å²) >= 11 is 1.63. The zero-order chi connectivity index (χ0) is 25.0. The van der Waals surface area contributed by atoms with E-state index in [-0.39, 0.29) is 11.9 Å². The fraction of sp³-hybridized carbons (Fsp3) is 0.385. The maximum atomic E-state index is 11.8. The maximum absolute atomic E-state index is 11.8. The van der Waals surface area contributed by atoms with Crippen LogP contribution < -0.4 is 5.32 Å². The van der Waals surface area contributed by atoms with Crippen LogP contribution in [0.1, 0.15) is 43.7 Å². The number of carbonyl (C=O) groups excluding carboxylic acids is 1. The van der Waals surface area contributed by atoms with Crippen molar-refractivity contribution in [2.45, 2.75) is 39.2 Å². The maximum Gasteiger partial charge on any atom is 0.219 e. The Morgan fingerprint density at radius 3 is 2.72 bits per heavy atom. The van der Waals surface area contributed by atoms with Crippen molar-refractivity contribution < 1.29 is 4.79 Å². The summed E-state index contributed by atoms with van der Waals surface area (Å²) < 4.78 is 1.80. The quantitative estimate of drug-likeness (QED) is 0.439. The first-order valence-electron chi connectivity index (χ1n) is 12.2. The van der Waals surface area contributed by atoms with Gasteiger partial charge in [0.2, 0.25) is 5.91 Å². The third-order valence-electron chi connectivity index (χ3n) is 7.17. The number of pyridine rings is 1. The molecule has 2 bridgehead atoms. The molecular weight excluding hydrogens is 472 g/mol. The summed E-state index contributed by atoms with van der Waals surface area (Å²) in [6.45, 7) is 7.49. The van der Waals surface area contributed by atoms with Crippen LogP contribution in [0, 0.1) is 23.2 Å². The van der Waals surface area contributed by atoms with Gasteiger partial charge in [0.1, 0.15) is 11.1 Å². The minimum Gasteiger partial charge on any atom is -0.382 e. The highest BCUT2D eigenvalue weighted by Crippen LogP contribution is 2.52. The number of piperidine rings is 2. The Morgan fingerprint density at radius 2 is 2.00 bits per heavy atom. The second-order valence-electron chi connectivity index (χ2n) is 9.98. The van der Waals surface area contributed by atoms with E-state index in [1.807, 2.05) is 35.4 Å². The van der Waals surface area contributed by atoms with Gasteiger partial charge in [-0.15, -0.1) is 10.2 Å². The molecule has 10 heteroatoms. The zero-order valence-corrected chi connectivity index (χ0v) is 21.2. The molecule has 7 rings (SSSR count). The number of nitriles is 1. The van der Waals surface area contributed by atoms with Crippen molar-refractivity contribution in [3.63, 3.8) is 0 Å². The lowest BCUT2D eigenvalue weighted by Crippen LogP contribution is -2.55. The molecule has 4 aromatic rings. The van der Waals surface area contributed by atoms with Crippen molar-refractivity contribution in [2.24, 2.45) is 11.8 Å². The first kappa shape index (κ1) is 22.6. The van der Waals surface area contributed by atoms with Crippen molar-refractivity contribution in [2.75, 3.05) is 18.4 Å². The third kappa shape index (κ3) is 3.80. The highest BCUT2D eigenvalue weighted by atomic mass is 32.1. The third-order valence-corrected chi connectivity index (χ3v) is 8.23. The summed E-state index contributed by atoms with van der Waals surface area (Å²) in [5.74, 6) is 1.49. The van der Waals surface area contributed by atoms with Crippen LogP contribution in [0.3, 0.4) is 0 Å². The van der Waals surface area contributed by atoms with Crippen LogP contribution in [0.2, 0.25) is 0 Å². The molecule has 0 aromatic carbocycles. The first-order chi connectivity index (χ1) is 17.4. The first-order valence-corrected chi connectivity index (χ1v) is 13.0. The van der Waals surface area contributed by atoms with Crippen LogP contribution in [-0.4, -0.2) is 54.7 Å². The van der Waals surface area contributed by atoms with E-state index in [1.54, 1.807) is 29.0 Å². The molecular formula is C26H26N8OS. The van der Waals surface area contributed by atoms with Crippen molar-refractivity contribution in [1.82, 2.24) is 29.7 Å². The molecule has 3 aliphatic rings. The molecule has 1 aliphatic carbocycles. The van der Waals surface area contributed by atoms with E-state index in [1.165, 1.54) is 0 Å². The lowest BCUT2D eigenvalue weighted by atomic mass is 9.62. The molecule has 0 radical (unpaired) electrons. The molecule has 2 saturated heterocycles. The highest BCUT2D eigenvalue weighted by molar-refractivity contribution is 7.14. The molecule has 182 valence electrons. The largest absolute Gasteiger partial charge is 0.382 e. The van der Waals surface area contributed by atoms with E-state index in [2.05, 4.69) is 40.5 Å². The number of amides is 1. The SMILES string of the molecule is CC(=O)N1CC2CC(C1)C2c1nnc(-c2cnc(-c3ccc4cc(C#N)cnn34)cc2NC(C)C)s1. The normalized spacial score (nSPS) is 20.9. The molecule has 4 aromatic heterocycles. The van der Waals surface area contributed by atoms with Crippen LogP contribution in [-0.2, 0) is 4.79 Å². The van der Waals surface area contributed by atoms with E-state index in [9.17, 15) is 4.79 Å². The lowest BCUT2D eigenvalue weighted by molar-refractivity contribution is -0.136. The van der Waals surface area contributed by atoms with Gasteiger partial charge in [-0.1, -0.05) is 11.3 Å². The van der Waals surface area contributed by atoms with Crippen molar-refractivity contribution in [3.05, 3.63) is 47.2 Å². The number of hydrogen-bond acceptors (Lipinski definition) is 8. The number of carbonyl (C=O) groups is 1. The Hall–Kier alpha value is -3.84. The average Bonchev–Trinajstić information content (AvgIpc) is 3.50. The smallest absolute Gasteiger partial charge is 0.219 e. The van der Waals surface area contributed by atoms with Crippen molar-refractivity contribution >= 4 is 28.4 Å². The molecule has 2 atom stereocenters. The van der Waals surface area contributed by atoms with E-state index in [0.29, 0.717) is 23.3 Å². The van der Waals surface area contributed by atoms with Crippen LogP contribution in [0.5, 0.6) is 0 Å². The van der Waals surface area contributed by atoms with Gasteiger partial charge in [0.15, 0.2) is 5.01 Å². The van der Waals surface area contributed by atoms with Crippen molar-refractivity contribution in [1.29, 1.82) is 5.26 Å². The van der Waals surface area contributed by atoms with Crippen LogP contribution in [0.4, 0.5) is 5.69 Å². The van der Waals surface area contributed by atoms with Crippen molar-refractivity contribution in [3.8, 4) is 28.0 Å². The molecule has 0 spiro atoms. The number of rotatable bonds is 5. The Morgan fingerprint density at radius 1 is 1.19 bits per heavy atom. The summed E-state index contributed by atoms with van der Waals surface area (Å²) in [6, 6.07) is 10.1.